The summed E-state index contributed by atoms with van der Waals surface area (Å²) in [5, 5.41) is 15.8. The molecular formula is C40H31Cl2FN6O4S. The van der Waals surface area contributed by atoms with Crippen LogP contribution in [0.3, 0.4) is 0 Å². The fourth-order valence-electron chi connectivity index (χ4n) is 7.25. The van der Waals surface area contributed by atoms with E-state index in [2.05, 4.69) is 26.6 Å². The smallest absolute Gasteiger partial charge is 0.265 e. The van der Waals surface area contributed by atoms with Gasteiger partial charge >= 0.3 is 0 Å². The van der Waals surface area contributed by atoms with E-state index in [0.29, 0.717) is 60.9 Å². The summed E-state index contributed by atoms with van der Waals surface area (Å²) < 4.78 is 20.3. The maximum atomic E-state index is 14.8. The lowest BCUT2D eigenvalue weighted by Crippen LogP contribution is -2.59. The number of nitrogens with zero attached hydrogens (tertiary/aromatic N) is 4. The van der Waals surface area contributed by atoms with Gasteiger partial charge in [-0.05, 0) is 91.6 Å². The standard InChI is InChI=1S/C40H31Cl2FN6O4S/c41-30-2-1-3-31(42)34(30)47-38(51)33-17-25-10-13-49(32-18-26(43)6-9-28(32)35(25)54-33)39(52)24-4-7-27(8-5-24)46-37(50)29-16-23(19-44)20-45-36(29)48-21-40(22-48)11-14-53-15-12-40/h1-9,16-18,20H,10-15,21-22H2,(H,46,50)(H,47,51). The Kier molecular flexibility index (Phi) is 9.58. The van der Waals surface area contributed by atoms with E-state index in [1.165, 1.54) is 34.6 Å². The molecule has 2 saturated heterocycles. The number of ether oxygens (including phenoxy) is 1. The number of benzene rings is 3. The number of hydrogen-bond acceptors (Lipinski definition) is 8. The van der Waals surface area contributed by atoms with E-state index in [9.17, 15) is 24.0 Å². The topological polar surface area (TPSA) is 128 Å². The van der Waals surface area contributed by atoms with E-state index in [0.717, 1.165) is 49.6 Å². The van der Waals surface area contributed by atoms with Crippen LogP contribution in [0.2, 0.25) is 10.0 Å². The minimum Gasteiger partial charge on any atom is -0.381 e. The third-order valence-corrected chi connectivity index (χ3v) is 12.0. The summed E-state index contributed by atoms with van der Waals surface area (Å²) in [6.07, 6.45) is 3.80. The molecule has 272 valence electrons. The quantitative estimate of drug-likeness (QED) is 0.177. The number of rotatable bonds is 6. The summed E-state index contributed by atoms with van der Waals surface area (Å²) in [7, 11) is 0. The van der Waals surface area contributed by atoms with E-state index >= 15 is 0 Å². The molecule has 2 fully saturated rings. The van der Waals surface area contributed by atoms with Crippen molar-refractivity contribution in [3.8, 4) is 16.5 Å². The molecule has 0 aliphatic carbocycles. The van der Waals surface area contributed by atoms with Crippen molar-refractivity contribution in [1.29, 1.82) is 5.26 Å². The van der Waals surface area contributed by atoms with Crippen molar-refractivity contribution in [2.75, 3.05) is 53.3 Å². The number of fused-ring (bicyclic) bond motifs is 3. The Morgan fingerprint density at radius 1 is 0.944 bits per heavy atom. The summed E-state index contributed by atoms with van der Waals surface area (Å²) in [4.78, 5) is 50.2. The number of pyridine rings is 1. The number of para-hydroxylation sites is 1. The molecule has 3 aliphatic heterocycles. The molecule has 0 saturated carbocycles. The van der Waals surface area contributed by atoms with Gasteiger partial charge in [0.1, 0.15) is 17.7 Å². The molecule has 8 rings (SSSR count). The molecule has 0 radical (unpaired) electrons. The Bertz CT molecular complexity index is 2340. The van der Waals surface area contributed by atoms with E-state index in [4.69, 9.17) is 27.9 Å². The third kappa shape index (κ3) is 6.80. The fourth-order valence-corrected chi connectivity index (χ4v) is 8.88. The van der Waals surface area contributed by atoms with Crippen LogP contribution in [0.15, 0.2) is 79.0 Å². The lowest BCUT2D eigenvalue weighted by Gasteiger charge is -2.53. The second kappa shape index (κ2) is 14.5. The number of nitriles is 1. The molecule has 10 nitrogen and oxygen atoms in total. The zero-order chi connectivity index (χ0) is 37.6. The van der Waals surface area contributed by atoms with Gasteiger partial charge in [0.05, 0.1) is 37.4 Å². The number of aromatic nitrogens is 1. The predicted molar refractivity (Wildman–Crippen MR) is 208 cm³/mol. The summed E-state index contributed by atoms with van der Waals surface area (Å²) in [6, 6.07) is 21.1. The van der Waals surface area contributed by atoms with Crippen LogP contribution < -0.4 is 20.4 Å². The normalized spacial score (nSPS) is 15.7. The van der Waals surface area contributed by atoms with Crippen molar-refractivity contribution < 1.29 is 23.5 Å². The Balaban J connectivity index is 0.998. The monoisotopic (exact) mass is 780 g/mol. The zero-order valence-corrected chi connectivity index (χ0v) is 31.0. The van der Waals surface area contributed by atoms with E-state index in [1.807, 2.05) is 0 Å². The van der Waals surface area contributed by atoms with Crippen LogP contribution in [-0.2, 0) is 11.2 Å². The molecule has 2 aromatic heterocycles. The van der Waals surface area contributed by atoms with Gasteiger partial charge in [0.2, 0.25) is 0 Å². The first-order valence-electron chi connectivity index (χ1n) is 17.3. The molecule has 3 amide bonds. The first-order chi connectivity index (χ1) is 26.1. The number of thiophene rings is 1. The number of halogens is 3. The number of carbonyl (C=O) groups is 3. The summed E-state index contributed by atoms with van der Waals surface area (Å²) in [5.74, 6) is -1.15. The highest BCUT2D eigenvalue weighted by Crippen LogP contribution is 2.44. The Labute approximate surface area is 324 Å². The van der Waals surface area contributed by atoms with Gasteiger partial charge in [0, 0.05) is 66.2 Å². The van der Waals surface area contributed by atoms with Gasteiger partial charge in [-0.2, -0.15) is 5.26 Å². The number of carbonyl (C=O) groups excluding carboxylic acids is 3. The van der Waals surface area contributed by atoms with Gasteiger partial charge in [0.15, 0.2) is 0 Å². The van der Waals surface area contributed by atoms with Gasteiger partial charge in [-0.25, -0.2) is 9.37 Å². The molecule has 1 spiro atoms. The van der Waals surface area contributed by atoms with Crippen LogP contribution in [0.25, 0.3) is 10.4 Å². The Morgan fingerprint density at radius 2 is 1.69 bits per heavy atom. The first-order valence-corrected chi connectivity index (χ1v) is 18.8. The minimum absolute atomic E-state index is 0.155. The highest BCUT2D eigenvalue weighted by molar-refractivity contribution is 7.17. The highest BCUT2D eigenvalue weighted by Gasteiger charge is 2.45. The summed E-state index contributed by atoms with van der Waals surface area (Å²) in [6.45, 7) is 3.20. The molecule has 5 aromatic rings. The van der Waals surface area contributed by atoms with Crippen LogP contribution in [0.4, 0.5) is 27.3 Å². The van der Waals surface area contributed by atoms with Crippen molar-refractivity contribution in [1.82, 2.24) is 4.98 Å². The molecule has 54 heavy (non-hydrogen) atoms. The molecule has 0 unspecified atom stereocenters. The van der Waals surface area contributed by atoms with Crippen LogP contribution in [-0.4, -0.2) is 55.6 Å². The lowest BCUT2D eigenvalue weighted by atomic mass is 9.73. The van der Waals surface area contributed by atoms with E-state index in [-0.39, 0.29) is 29.3 Å². The number of anilines is 4. The molecule has 3 aromatic carbocycles. The first kappa shape index (κ1) is 35.7. The van der Waals surface area contributed by atoms with Gasteiger partial charge < -0.3 is 25.2 Å². The van der Waals surface area contributed by atoms with Crippen molar-refractivity contribution >= 4 is 75.1 Å². The number of amides is 3. The van der Waals surface area contributed by atoms with Gasteiger partial charge in [0.25, 0.3) is 17.7 Å². The van der Waals surface area contributed by atoms with Crippen molar-refractivity contribution in [2.45, 2.75) is 19.3 Å². The molecule has 0 atom stereocenters. The lowest BCUT2D eigenvalue weighted by molar-refractivity contribution is -0.000510. The Morgan fingerprint density at radius 3 is 2.41 bits per heavy atom. The number of hydrogen-bond donors (Lipinski definition) is 2. The Hall–Kier alpha value is -5.32. The SMILES string of the molecule is N#Cc1cnc(N2CC3(CCOCC3)C2)c(C(=O)Nc2ccc(C(=O)N3CCc4cc(C(=O)Nc5c(Cl)cccc5Cl)sc4-c4ccc(F)cc43)cc2)c1. The van der Waals surface area contributed by atoms with Gasteiger partial charge in [-0.3, -0.25) is 14.4 Å². The minimum atomic E-state index is -0.508. The molecule has 5 heterocycles. The maximum absolute atomic E-state index is 14.8. The predicted octanol–water partition coefficient (Wildman–Crippen LogP) is 8.45. The zero-order valence-electron chi connectivity index (χ0n) is 28.6. The van der Waals surface area contributed by atoms with E-state index < -0.39 is 11.7 Å². The number of nitrogens with one attached hydrogen (secondary N) is 2. The van der Waals surface area contributed by atoms with Gasteiger partial charge in [-0.15, -0.1) is 11.3 Å². The molecular weight excluding hydrogens is 750 g/mol. The summed E-state index contributed by atoms with van der Waals surface area (Å²) in [5.41, 5.74) is 3.65. The maximum Gasteiger partial charge on any atom is 0.265 e. The fraction of sp³-hybridized carbons (Fsp3) is 0.225. The van der Waals surface area contributed by atoms with Crippen molar-refractivity contribution in [3.05, 3.63) is 122 Å². The summed E-state index contributed by atoms with van der Waals surface area (Å²) >= 11 is 13.8. The van der Waals surface area contributed by atoms with Crippen LogP contribution >= 0.6 is 34.5 Å². The highest BCUT2D eigenvalue weighted by atomic mass is 35.5. The largest absolute Gasteiger partial charge is 0.381 e. The van der Waals surface area contributed by atoms with Crippen LogP contribution in [0, 0.1) is 22.6 Å². The molecule has 3 aliphatic rings. The van der Waals surface area contributed by atoms with Gasteiger partial charge in [-0.1, -0.05) is 29.3 Å². The van der Waals surface area contributed by atoms with Crippen molar-refractivity contribution in [2.24, 2.45) is 5.41 Å². The average Bonchev–Trinajstić information content (AvgIpc) is 3.53. The second-order valence-corrected chi connectivity index (χ2v) is 15.5. The van der Waals surface area contributed by atoms with Crippen molar-refractivity contribution in [3.63, 3.8) is 0 Å². The van der Waals surface area contributed by atoms with Crippen LogP contribution in [0.5, 0.6) is 0 Å². The molecule has 0 bridgehead atoms. The average molecular weight is 782 g/mol. The molecule has 2 N–H and O–H groups in total. The van der Waals surface area contributed by atoms with Crippen LogP contribution in [0.1, 0.15) is 54.4 Å². The van der Waals surface area contributed by atoms with E-state index in [1.54, 1.807) is 60.7 Å². The third-order valence-electron chi connectivity index (χ3n) is 10.1. The molecule has 14 heteroatoms. The second-order valence-electron chi connectivity index (χ2n) is 13.6.